The van der Waals surface area contributed by atoms with E-state index >= 15 is 0 Å². The van der Waals surface area contributed by atoms with Crippen LogP contribution in [-0.4, -0.2) is 46.7 Å². The average Bonchev–Trinajstić information content (AvgIpc) is 3.46. The minimum Gasteiger partial charge on any atom is -0.361 e. The lowest BCUT2D eigenvalue weighted by molar-refractivity contribution is -0.128. The summed E-state index contributed by atoms with van der Waals surface area (Å²) in [6, 6.07) is 11.8. The van der Waals surface area contributed by atoms with Gasteiger partial charge >= 0.3 is 0 Å². The minimum absolute atomic E-state index is 0.0792. The SMILES string of the molecule is O=C(NC1CCCCC1)c1ccccc1NC(=O)C1CC(=O)N(CCc2c[nH]c3ccc(F)cc23)C1. The van der Waals surface area contributed by atoms with Crippen molar-refractivity contribution < 1.29 is 18.8 Å². The van der Waals surface area contributed by atoms with Crippen molar-refractivity contribution in [2.24, 2.45) is 5.92 Å². The van der Waals surface area contributed by atoms with Crippen molar-refractivity contribution in [2.45, 2.75) is 51.0 Å². The summed E-state index contributed by atoms with van der Waals surface area (Å²) in [5, 5.41) is 6.79. The van der Waals surface area contributed by atoms with Crippen LogP contribution in [0.3, 0.4) is 0 Å². The van der Waals surface area contributed by atoms with Gasteiger partial charge in [-0.15, -0.1) is 0 Å². The largest absolute Gasteiger partial charge is 0.361 e. The van der Waals surface area contributed by atoms with Gasteiger partial charge in [-0.1, -0.05) is 31.4 Å². The van der Waals surface area contributed by atoms with Crippen LogP contribution in [-0.2, 0) is 16.0 Å². The Morgan fingerprint density at radius 3 is 2.72 bits per heavy atom. The van der Waals surface area contributed by atoms with Crippen LogP contribution in [0, 0.1) is 11.7 Å². The first-order chi connectivity index (χ1) is 17.5. The molecule has 0 spiro atoms. The van der Waals surface area contributed by atoms with E-state index in [1.807, 2.05) is 6.20 Å². The normalized spacial score (nSPS) is 18.5. The van der Waals surface area contributed by atoms with E-state index in [1.54, 1.807) is 35.2 Å². The summed E-state index contributed by atoms with van der Waals surface area (Å²) in [5.41, 5.74) is 2.68. The van der Waals surface area contributed by atoms with E-state index in [2.05, 4.69) is 15.6 Å². The molecule has 5 rings (SSSR count). The maximum absolute atomic E-state index is 13.7. The van der Waals surface area contributed by atoms with E-state index in [0.29, 0.717) is 30.8 Å². The first-order valence-electron chi connectivity index (χ1n) is 12.7. The molecule has 1 saturated carbocycles. The van der Waals surface area contributed by atoms with Gasteiger partial charge in [-0.2, -0.15) is 0 Å². The molecule has 1 saturated heterocycles. The van der Waals surface area contributed by atoms with Crippen LogP contribution in [0.5, 0.6) is 0 Å². The van der Waals surface area contributed by atoms with Crippen LogP contribution < -0.4 is 10.6 Å². The van der Waals surface area contributed by atoms with E-state index in [9.17, 15) is 18.8 Å². The Morgan fingerprint density at radius 2 is 1.89 bits per heavy atom. The van der Waals surface area contributed by atoms with Crippen molar-refractivity contribution in [3.05, 3.63) is 65.6 Å². The monoisotopic (exact) mass is 490 g/mol. The van der Waals surface area contributed by atoms with Crippen LogP contribution in [0.1, 0.15) is 54.4 Å². The van der Waals surface area contributed by atoms with Crippen molar-refractivity contribution in [1.29, 1.82) is 0 Å². The Morgan fingerprint density at radius 1 is 1.08 bits per heavy atom. The predicted molar refractivity (Wildman–Crippen MR) is 136 cm³/mol. The number of hydrogen-bond donors (Lipinski definition) is 3. The maximum atomic E-state index is 13.7. The quantitative estimate of drug-likeness (QED) is 0.458. The van der Waals surface area contributed by atoms with Crippen molar-refractivity contribution in [3.63, 3.8) is 0 Å². The maximum Gasteiger partial charge on any atom is 0.253 e. The summed E-state index contributed by atoms with van der Waals surface area (Å²) in [6.07, 6.45) is 7.93. The summed E-state index contributed by atoms with van der Waals surface area (Å²) >= 11 is 0. The van der Waals surface area contributed by atoms with Crippen molar-refractivity contribution in [3.8, 4) is 0 Å². The summed E-state index contributed by atoms with van der Waals surface area (Å²) in [4.78, 5) is 43.4. The van der Waals surface area contributed by atoms with Crippen LogP contribution in [0.25, 0.3) is 10.9 Å². The molecule has 2 aliphatic rings. The van der Waals surface area contributed by atoms with E-state index in [4.69, 9.17) is 0 Å². The van der Waals surface area contributed by atoms with Gasteiger partial charge < -0.3 is 20.5 Å². The Hall–Kier alpha value is -3.68. The molecule has 2 heterocycles. The van der Waals surface area contributed by atoms with Crippen molar-refractivity contribution >= 4 is 34.3 Å². The zero-order chi connectivity index (χ0) is 25.1. The number of H-pyrrole nitrogens is 1. The third-order valence-corrected chi connectivity index (χ3v) is 7.34. The van der Waals surface area contributed by atoms with Gasteiger partial charge in [-0.25, -0.2) is 4.39 Å². The van der Waals surface area contributed by atoms with Gasteiger partial charge in [-0.3, -0.25) is 14.4 Å². The fourth-order valence-corrected chi connectivity index (χ4v) is 5.31. The molecule has 0 bridgehead atoms. The molecule has 8 heteroatoms. The van der Waals surface area contributed by atoms with E-state index < -0.39 is 5.92 Å². The molecule has 0 radical (unpaired) electrons. The van der Waals surface area contributed by atoms with Gasteiger partial charge in [0.15, 0.2) is 0 Å². The molecule has 1 unspecified atom stereocenters. The van der Waals surface area contributed by atoms with E-state index in [-0.39, 0.29) is 36.0 Å². The Bertz CT molecular complexity index is 1280. The smallest absolute Gasteiger partial charge is 0.253 e. The second-order valence-corrected chi connectivity index (χ2v) is 9.84. The van der Waals surface area contributed by atoms with Crippen LogP contribution >= 0.6 is 0 Å². The highest BCUT2D eigenvalue weighted by atomic mass is 19.1. The first kappa shape index (κ1) is 24.0. The molecular weight excluding hydrogens is 459 g/mol. The van der Waals surface area contributed by atoms with Gasteiger partial charge in [0.05, 0.1) is 17.2 Å². The molecular formula is C28H31FN4O3. The van der Waals surface area contributed by atoms with Gasteiger partial charge in [0.2, 0.25) is 11.8 Å². The molecule has 1 atom stereocenters. The number of rotatable bonds is 7. The molecule has 7 nitrogen and oxygen atoms in total. The lowest BCUT2D eigenvalue weighted by atomic mass is 9.95. The van der Waals surface area contributed by atoms with Gasteiger partial charge in [0, 0.05) is 42.7 Å². The highest BCUT2D eigenvalue weighted by molar-refractivity contribution is 6.05. The van der Waals surface area contributed by atoms with Crippen molar-refractivity contribution in [1.82, 2.24) is 15.2 Å². The number of para-hydroxylation sites is 1. The van der Waals surface area contributed by atoms with Crippen LogP contribution in [0.15, 0.2) is 48.7 Å². The number of halogens is 1. The molecule has 1 aliphatic carbocycles. The third-order valence-electron chi connectivity index (χ3n) is 7.34. The fourth-order valence-electron chi connectivity index (χ4n) is 5.31. The average molecular weight is 491 g/mol. The number of amides is 3. The number of nitrogens with one attached hydrogen (secondary N) is 3. The summed E-state index contributed by atoms with van der Waals surface area (Å²) in [7, 11) is 0. The topological polar surface area (TPSA) is 94.3 Å². The number of benzene rings is 2. The van der Waals surface area contributed by atoms with Crippen molar-refractivity contribution in [2.75, 3.05) is 18.4 Å². The fraction of sp³-hybridized carbons (Fsp3) is 0.393. The molecule has 36 heavy (non-hydrogen) atoms. The molecule has 3 N–H and O–H groups in total. The molecule has 2 fully saturated rings. The number of nitrogens with zero attached hydrogens (tertiary/aromatic N) is 1. The van der Waals surface area contributed by atoms with E-state index in [1.165, 1.54) is 18.6 Å². The number of aromatic nitrogens is 1. The zero-order valence-electron chi connectivity index (χ0n) is 20.2. The third kappa shape index (κ3) is 5.27. The van der Waals surface area contributed by atoms with Crippen LogP contribution in [0.4, 0.5) is 10.1 Å². The Labute approximate surface area is 209 Å². The minimum atomic E-state index is -0.493. The summed E-state index contributed by atoms with van der Waals surface area (Å²) < 4.78 is 13.7. The standard InChI is InChI=1S/C28H31FN4O3/c29-20-10-11-24-23(15-20)18(16-30-24)12-13-33-17-19(14-26(33)34)27(35)32-25-9-5-4-8-22(25)28(36)31-21-6-2-1-3-7-21/h4-5,8-11,15-16,19,21,30H,1-3,6-7,12-14,17H2,(H,31,36)(H,32,35). The summed E-state index contributed by atoms with van der Waals surface area (Å²) in [5.74, 6) is -1.32. The molecule has 1 aliphatic heterocycles. The van der Waals surface area contributed by atoms with Crippen LogP contribution in [0.2, 0.25) is 0 Å². The number of anilines is 1. The van der Waals surface area contributed by atoms with E-state index in [0.717, 1.165) is 42.1 Å². The number of carbonyl (C=O) groups is 3. The lowest BCUT2D eigenvalue weighted by Crippen LogP contribution is -2.36. The molecule has 3 amide bonds. The highest BCUT2D eigenvalue weighted by Crippen LogP contribution is 2.25. The lowest BCUT2D eigenvalue weighted by Gasteiger charge is -2.23. The van der Waals surface area contributed by atoms with Gasteiger partial charge in [0.1, 0.15) is 5.82 Å². The second kappa shape index (κ2) is 10.5. The molecule has 188 valence electrons. The van der Waals surface area contributed by atoms with Gasteiger partial charge in [-0.05, 0) is 55.2 Å². The number of hydrogen-bond acceptors (Lipinski definition) is 3. The number of likely N-dealkylation sites (tertiary alicyclic amines) is 1. The Kier molecular flexibility index (Phi) is 7.02. The summed E-state index contributed by atoms with van der Waals surface area (Å²) in [6.45, 7) is 0.768. The predicted octanol–water partition coefficient (Wildman–Crippen LogP) is 4.40. The van der Waals surface area contributed by atoms with Gasteiger partial charge in [0.25, 0.3) is 5.91 Å². The molecule has 2 aromatic carbocycles. The highest BCUT2D eigenvalue weighted by Gasteiger charge is 2.34. The Balaban J connectivity index is 1.19. The number of carbonyl (C=O) groups excluding carboxylic acids is 3. The molecule has 1 aromatic heterocycles. The zero-order valence-corrected chi connectivity index (χ0v) is 20.2. The second-order valence-electron chi connectivity index (χ2n) is 9.84. The number of aromatic amines is 1. The molecule has 3 aromatic rings. The first-order valence-corrected chi connectivity index (χ1v) is 12.7. The number of fused-ring (bicyclic) bond motifs is 1.